The standard InChI is InChI=1S/C12H18N4O3S/c1-2-15-6-8-16(9-7-15)20(18,19)12-10(11(13)17)4-3-5-14-12/h3-5H,2,6-9H2,1H3,(H2,13,17). The van der Waals surface area contributed by atoms with Gasteiger partial charge >= 0.3 is 0 Å². The Morgan fingerprint density at radius 3 is 2.55 bits per heavy atom. The number of hydrogen-bond donors (Lipinski definition) is 1. The van der Waals surface area contributed by atoms with E-state index in [0.717, 1.165) is 6.54 Å². The Hall–Kier alpha value is -1.51. The average Bonchev–Trinajstić information content (AvgIpc) is 2.47. The first-order valence-electron chi connectivity index (χ1n) is 6.44. The predicted molar refractivity (Wildman–Crippen MR) is 73.6 cm³/mol. The highest BCUT2D eigenvalue weighted by atomic mass is 32.2. The lowest BCUT2D eigenvalue weighted by Crippen LogP contribution is -2.48. The maximum absolute atomic E-state index is 12.5. The summed E-state index contributed by atoms with van der Waals surface area (Å²) in [5.74, 6) is -0.788. The van der Waals surface area contributed by atoms with Crippen molar-refractivity contribution >= 4 is 15.9 Å². The number of nitrogens with two attached hydrogens (primary N) is 1. The van der Waals surface area contributed by atoms with Crippen molar-refractivity contribution in [3.05, 3.63) is 23.9 Å². The van der Waals surface area contributed by atoms with E-state index in [4.69, 9.17) is 5.73 Å². The van der Waals surface area contributed by atoms with Crippen LogP contribution in [0, 0.1) is 0 Å². The molecule has 1 saturated heterocycles. The minimum Gasteiger partial charge on any atom is -0.366 e. The number of likely N-dealkylation sites (N-methyl/N-ethyl adjacent to an activating group) is 1. The topological polar surface area (TPSA) is 96.6 Å². The highest BCUT2D eigenvalue weighted by molar-refractivity contribution is 7.89. The summed E-state index contributed by atoms with van der Waals surface area (Å²) in [4.78, 5) is 17.3. The number of pyridine rings is 1. The normalized spacial score (nSPS) is 18.1. The van der Waals surface area contributed by atoms with Gasteiger partial charge in [-0.15, -0.1) is 0 Å². The van der Waals surface area contributed by atoms with Gasteiger partial charge in [0.1, 0.15) is 0 Å². The molecule has 1 aromatic rings. The molecule has 2 heterocycles. The number of hydrogen-bond acceptors (Lipinski definition) is 5. The molecule has 0 atom stereocenters. The summed E-state index contributed by atoms with van der Waals surface area (Å²) in [5.41, 5.74) is 5.15. The van der Waals surface area contributed by atoms with E-state index >= 15 is 0 Å². The monoisotopic (exact) mass is 298 g/mol. The summed E-state index contributed by atoms with van der Waals surface area (Å²) in [6.45, 7) is 5.07. The van der Waals surface area contributed by atoms with Crippen molar-refractivity contribution in [2.45, 2.75) is 11.9 Å². The van der Waals surface area contributed by atoms with Gasteiger partial charge < -0.3 is 10.6 Å². The number of sulfonamides is 1. The van der Waals surface area contributed by atoms with Crippen LogP contribution in [0.4, 0.5) is 0 Å². The first kappa shape index (κ1) is 14.9. The second-order valence-electron chi connectivity index (χ2n) is 4.56. The number of primary amides is 1. The summed E-state index contributed by atoms with van der Waals surface area (Å²) in [5, 5.41) is -0.252. The minimum atomic E-state index is -3.77. The van der Waals surface area contributed by atoms with Crippen LogP contribution in [0.15, 0.2) is 23.4 Å². The fourth-order valence-corrected chi connectivity index (χ4v) is 3.72. The second kappa shape index (κ2) is 5.86. The van der Waals surface area contributed by atoms with Crippen molar-refractivity contribution in [1.82, 2.24) is 14.2 Å². The molecule has 1 aliphatic rings. The van der Waals surface area contributed by atoms with Crippen LogP contribution in [0.25, 0.3) is 0 Å². The van der Waals surface area contributed by atoms with Gasteiger partial charge in [-0.1, -0.05) is 6.92 Å². The molecule has 0 unspecified atom stereocenters. The third-order valence-corrected chi connectivity index (χ3v) is 5.26. The fraction of sp³-hybridized carbons (Fsp3) is 0.500. The van der Waals surface area contributed by atoms with Gasteiger partial charge in [-0.3, -0.25) is 4.79 Å². The van der Waals surface area contributed by atoms with Crippen LogP contribution >= 0.6 is 0 Å². The maximum Gasteiger partial charge on any atom is 0.261 e. The number of carbonyl (C=O) groups is 1. The quantitative estimate of drug-likeness (QED) is 0.809. The zero-order valence-corrected chi connectivity index (χ0v) is 12.1. The van der Waals surface area contributed by atoms with Crippen LogP contribution in [-0.4, -0.2) is 61.2 Å². The Bertz CT molecular complexity index is 594. The van der Waals surface area contributed by atoms with Gasteiger partial charge in [0.2, 0.25) is 0 Å². The van der Waals surface area contributed by atoms with Crippen LogP contribution in [0.5, 0.6) is 0 Å². The summed E-state index contributed by atoms with van der Waals surface area (Å²) in [7, 11) is -3.77. The van der Waals surface area contributed by atoms with Gasteiger partial charge in [0.25, 0.3) is 15.9 Å². The number of amides is 1. The van der Waals surface area contributed by atoms with Crippen LogP contribution in [0.1, 0.15) is 17.3 Å². The molecule has 0 aromatic carbocycles. The van der Waals surface area contributed by atoms with E-state index in [9.17, 15) is 13.2 Å². The summed E-state index contributed by atoms with van der Waals surface area (Å²) >= 11 is 0. The summed E-state index contributed by atoms with van der Waals surface area (Å²) < 4.78 is 26.4. The highest BCUT2D eigenvalue weighted by Crippen LogP contribution is 2.18. The molecule has 8 heteroatoms. The molecular formula is C12H18N4O3S. The van der Waals surface area contributed by atoms with Crippen molar-refractivity contribution in [3.8, 4) is 0 Å². The Morgan fingerprint density at radius 1 is 1.35 bits per heavy atom. The number of aromatic nitrogens is 1. The zero-order chi connectivity index (χ0) is 14.8. The molecule has 0 bridgehead atoms. The van der Waals surface area contributed by atoms with Crippen LogP contribution in [0.2, 0.25) is 0 Å². The molecule has 1 aliphatic heterocycles. The smallest absolute Gasteiger partial charge is 0.261 e. The molecule has 0 saturated carbocycles. The molecule has 2 N–H and O–H groups in total. The molecule has 0 spiro atoms. The number of rotatable bonds is 4. The van der Waals surface area contributed by atoms with E-state index in [-0.39, 0.29) is 10.6 Å². The van der Waals surface area contributed by atoms with Gasteiger partial charge in [-0.05, 0) is 18.7 Å². The molecule has 2 rings (SSSR count). The Morgan fingerprint density at radius 2 is 2.00 bits per heavy atom. The van der Waals surface area contributed by atoms with Gasteiger partial charge in [0.15, 0.2) is 5.03 Å². The molecule has 1 aromatic heterocycles. The lowest BCUT2D eigenvalue weighted by Gasteiger charge is -2.33. The average molecular weight is 298 g/mol. The molecule has 7 nitrogen and oxygen atoms in total. The second-order valence-corrected chi connectivity index (χ2v) is 6.41. The molecule has 1 amide bonds. The van der Waals surface area contributed by atoms with Crippen LogP contribution < -0.4 is 5.73 Å². The van der Waals surface area contributed by atoms with E-state index < -0.39 is 15.9 Å². The first-order chi connectivity index (χ1) is 9.46. The number of piperazine rings is 1. The van der Waals surface area contributed by atoms with Gasteiger partial charge in [-0.25, -0.2) is 13.4 Å². The van der Waals surface area contributed by atoms with Crippen molar-refractivity contribution in [1.29, 1.82) is 0 Å². The summed E-state index contributed by atoms with van der Waals surface area (Å²) in [6.07, 6.45) is 1.35. The van der Waals surface area contributed by atoms with Gasteiger partial charge in [-0.2, -0.15) is 4.31 Å². The van der Waals surface area contributed by atoms with Crippen molar-refractivity contribution < 1.29 is 13.2 Å². The fourth-order valence-electron chi connectivity index (χ4n) is 2.19. The van der Waals surface area contributed by atoms with Crippen LogP contribution in [-0.2, 0) is 10.0 Å². The third kappa shape index (κ3) is 2.82. The van der Waals surface area contributed by atoms with E-state index in [2.05, 4.69) is 9.88 Å². The lowest BCUT2D eigenvalue weighted by molar-refractivity contribution is 0.0996. The Kier molecular flexibility index (Phi) is 4.36. The summed E-state index contributed by atoms with van der Waals surface area (Å²) in [6, 6.07) is 2.87. The highest BCUT2D eigenvalue weighted by Gasteiger charge is 2.31. The van der Waals surface area contributed by atoms with Gasteiger partial charge in [0, 0.05) is 32.4 Å². The van der Waals surface area contributed by atoms with E-state index in [1.165, 1.54) is 22.6 Å². The van der Waals surface area contributed by atoms with E-state index in [1.54, 1.807) is 0 Å². The van der Waals surface area contributed by atoms with Crippen molar-refractivity contribution in [2.75, 3.05) is 32.7 Å². The minimum absolute atomic E-state index is 0.0644. The zero-order valence-electron chi connectivity index (χ0n) is 11.3. The Balaban J connectivity index is 2.30. The number of nitrogens with zero attached hydrogens (tertiary/aromatic N) is 3. The predicted octanol–water partition coefficient (Wildman–Crippen LogP) is -0.493. The Labute approximate surface area is 118 Å². The molecule has 0 radical (unpaired) electrons. The van der Waals surface area contributed by atoms with Crippen molar-refractivity contribution in [3.63, 3.8) is 0 Å². The van der Waals surface area contributed by atoms with E-state index in [0.29, 0.717) is 26.2 Å². The SMILES string of the molecule is CCN1CCN(S(=O)(=O)c2ncccc2C(N)=O)CC1. The van der Waals surface area contributed by atoms with Crippen LogP contribution in [0.3, 0.4) is 0 Å². The number of carbonyl (C=O) groups excluding carboxylic acids is 1. The molecule has 1 fully saturated rings. The largest absolute Gasteiger partial charge is 0.366 e. The molecule has 110 valence electrons. The molecular weight excluding hydrogens is 280 g/mol. The van der Waals surface area contributed by atoms with E-state index in [1.807, 2.05) is 6.92 Å². The first-order valence-corrected chi connectivity index (χ1v) is 7.88. The lowest BCUT2D eigenvalue weighted by atomic mass is 10.3. The maximum atomic E-state index is 12.5. The van der Waals surface area contributed by atoms with Crippen molar-refractivity contribution in [2.24, 2.45) is 5.73 Å². The third-order valence-electron chi connectivity index (χ3n) is 3.40. The molecule has 0 aliphatic carbocycles. The van der Waals surface area contributed by atoms with Gasteiger partial charge in [0.05, 0.1) is 5.56 Å². The molecule has 20 heavy (non-hydrogen) atoms.